The number of nitrogens with zero attached hydrogens (tertiary/aromatic N) is 2. The first kappa shape index (κ1) is 18.4. The number of aryl methyl sites for hydroxylation is 1. The van der Waals surface area contributed by atoms with Crippen LogP contribution in [0.2, 0.25) is 0 Å². The molecule has 0 saturated heterocycles. The Morgan fingerprint density at radius 3 is 2.17 bits per heavy atom. The largest absolute Gasteiger partial charge is 0.334 e. The lowest BCUT2D eigenvalue weighted by Crippen LogP contribution is -1.89. The van der Waals surface area contributed by atoms with E-state index < -0.39 is 0 Å². The van der Waals surface area contributed by atoms with E-state index in [0.29, 0.717) is 11.5 Å². The molecule has 0 aliphatic rings. The molecular weight excluding hydrogens is 300 g/mol. The SMILES string of the molecule is CCCCCCCCCCCc1noc(-c2ccc(C=O)cc2)n1. The second kappa shape index (κ2) is 10.7. The third-order valence-electron chi connectivity index (χ3n) is 4.27. The molecule has 0 N–H and O–H groups in total. The summed E-state index contributed by atoms with van der Waals surface area (Å²) >= 11 is 0. The summed E-state index contributed by atoms with van der Waals surface area (Å²) in [5, 5.41) is 4.05. The molecule has 130 valence electrons. The molecule has 4 nitrogen and oxygen atoms in total. The minimum atomic E-state index is 0.526. The van der Waals surface area contributed by atoms with Crippen molar-refractivity contribution in [3.63, 3.8) is 0 Å². The lowest BCUT2D eigenvalue weighted by Gasteiger charge is -2.00. The average Bonchev–Trinajstić information content (AvgIpc) is 3.09. The molecule has 0 atom stereocenters. The summed E-state index contributed by atoms with van der Waals surface area (Å²) in [5.74, 6) is 1.30. The van der Waals surface area contributed by atoms with Crippen LogP contribution in [0.1, 0.15) is 80.9 Å². The quantitative estimate of drug-likeness (QED) is 0.374. The molecule has 0 spiro atoms. The molecule has 1 aromatic heterocycles. The highest BCUT2D eigenvalue weighted by Gasteiger charge is 2.08. The maximum absolute atomic E-state index is 10.7. The third-order valence-corrected chi connectivity index (χ3v) is 4.27. The molecule has 4 heteroatoms. The molecule has 0 unspecified atom stereocenters. The van der Waals surface area contributed by atoms with E-state index in [0.717, 1.165) is 30.5 Å². The van der Waals surface area contributed by atoms with E-state index in [1.165, 1.54) is 51.4 Å². The lowest BCUT2D eigenvalue weighted by molar-refractivity contribution is 0.112. The minimum Gasteiger partial charge on any atom is -0.334 e. The van der Waals surface area contributed by atoms with Crippen LogP contribution in [0.4, 0.5) is 0 Å². The van der Waals surface area contributed by atoms with Gasteiger partial charge >= 0.3 is 0 Å². The summed E-state index contributed by atoms with van der Waals surface area (Å²) < 4.78 is 5.31. The van der Waals surface area contributed by atoms with Gasteiger partial charge in [-0.2, -0.15) is 4.98 Å². The number of hydrogen-bond acceptors (Lipinski definition) is 4. The van der Waals surface area contributed by atoms with Gasteiger partial charge in [0.25, 0.3) is 5.89 Å². The molecule has 0 aliphatic heterocycles. The summed E-state index contributed by atoms with van der Waals surface area (Å²) in [4.78, 5) is 15.1. The van der Waals surface area contributed by atoms with Gasteiger partial charge in [-0.05, 0) is 18.6 Å². The van der Waals surface area contributed by atoms with E-state index in [1.54, 1.807) is 12.1 Å². The second-order valence-corrected chi connectivity index (χ2v) is 6.33. The zero-order chi connectivity index (χ0) is 17.0. The van der Waals surface area contributed by atoms with E-state index >= 15 is 0 Å². The number of carbonyl (C=O) groups is 1. The Labute approximate surface area is 144 Å². The maximum atomic E-state index is 10.7. The van der Waals surface area contributed by atoms with Crippen molar-refractivity contribution >= 4 is 6.29 Å². The van der Waals surface area contributed by atoms with Gasteiger partial charge in [0.2, 0.25) is 0 Å². The molecule has 0 saturated carbocycles. The highest BCUT2D eigenvalue weighted by Crippen LogP contribution is 2.18. The zero-order valence-corrected chi connectivity index (χ0v) is 14.7. The molecular formula is C20H28N2O2. The van der Waals surface area contributed by atoms with Crippen molar-refractivity contribution in [2.75, 3.05) is 0 Å². The van der Waals surface area contributed by atoms with Gasteiger partial charge in [-0.25, -0.2) is 0 Å². The summed E-state index contributed by atoms with van der Waals surface area (Å²) in [6, 6.07) is 7.18. The van der Waals surface area contributed by atoms with Crippen LogP contribution in [0.3, 0.4) is 0 Å². The van der Waals surface area contributed by atoms with Crippen molar-refractivity contribution in [3.05, 3.63) is 35.7 Å². The topological polar surface area (TPSA) is 56.0 Å². The summed E-state index contributed by atoms with van der Waals surface area (Å²) in [6.07, 6.45) is 13.5. The summed E-state index contributed by atoms with van der Waals surface area (Å²) in [7, 11) is 0. The fourth-order valence-corrected chi connectivity index (χ4v) is 2.77. The molecule has 1 aromatic carbocycles. The fraction of sp³-hybridized carbons (Fsp3) is 0.550. The Morgan fingerprint density at radius 2 is 1.54 bits per heavy atom. The Bertz CT molecular complexity index is 590. The van der Waals surface area contributed by atoms with Crippen LogP contribution in [0.5, 0.6) is 0 Å². The smallest absolute Gasteiger partial charge is 0.257 e. The molecule has 24 heavy (non-hydrogen) atoms. The van der Waals surface area contributed by atoms with Crippen LogP contribution < -0.4 is 0 Å². The first-order valence-electron chi connectivity index (χ1n) is 9.21. The van der Waals surface area contributed by atoms with Gasteiger partial charge in [0.05, 0.1) is 0 Å². The van der Waals surface area contributed by atoms with E-state index in [-0.39, 0.29) is 0 Å². The first-order valence-corrected chi connectivity index (χ1v) is 9.21. The third kappa shape index (κ3) is 6.26. The van der Waals surface area contributed by atoms with Gasteiger partial charge < -0.3 is 4.52 Å². The zero-order valence-electron chi connectivity index (χ0n) is 14.7. The maximum Gasteiger partial charge on any atom is 0.257 e. The molecule has 2 rings (SSSR count). The minimum absolute atomic E-state index is 0.526. The van der Waals surface area contributed by atoms with Gasteiger partial charge in [0.1, 0.15) is 6.29 Å². The van der Waals surface area contributed by atoms with Gasteiger partial charge in [-0.1, -0.05) is 75.6 Å². The monoisotopic (exact) mass is 328 g/mol. The van der Waals surface area contributed by atoms with Crippen molar-refractivity contribution in [3.8, 4) is 11.5 Å². The van der Waals surface area contributed by atoms with E-state index in [4.69, 9.17) is 4.52 Å². The predicted molar refractivity (Wildman–Crippen MR) is 96.1 cm³/mol. The van der Waals surface area contributed by atoms with Crippen LogP contribution in [0, 0.1) is 0 Å². The number of aromatic nitrogens is 2. The average molecular weight is 328 g/mol. The van der Waals surface area contributed by atoms with E-state index in [1.807, 2.05) is 12.1 Å². The summed E-state index contributed by atoms with van der Waals surface area (Å²) in [6.45, 7) is 2.25. The Kier molecular flexibility index (Phi) is 8.22. The van der Waals surface area contributed by atoms with Crippen molar-refractivity contribution in [2.24, 2.45) is 0 Å². The van der Waals surface area contributed by atoms with Gasteiger partial charge in [0.15, 0.2) is 5.82 Å². The van der Waals surface area contributed by atoms with Crippen LogP contribution in [0.25, 0.3) is 11.5 Å². The van der Waals surface area contributed by atoms with Crippen molar-refractivity contribution in [1.82, 2.24) is 10.1 Å². The number of hydrogen-bond donors (Lipinski definition) is 0. The molecule has 0 radical (unpaired) electrons. The lowest BCUT2D eigenvalue weighted by atomic mass is 10.1. The Balaban J connectivity index is 1.64. The van der Waals surface area contributed by atoms with Crippen LogP contribution >= 0.6 is 0 Å². The molecule has 0 fully saturated rings. The molecule has 0 amide bonds. The Hall–Kier alpha value is -1.97. The van der Waals surface area contributed by atoms with Crippen LogP contribution in [-0.4, -0.2) is 16.4 Å². The van der Waals surface area contributed by atoms with E-state index in [9.17, 15) is 4.79 Å². The number of carbonyl (C=O) groups excluding carboxylic acids is 1. The highest BCUT2D eigenvalue weighted by atomic mass is 16.5. The Morgan fingerprint density at radius 1 is 0.917 bits per heavy atom. The van der Waals surface area contributed by atoms with Gasteiger partial charge in [-0.15, -0.1) is 0 Å². The molecule has 0 aliphatic carbocycles. The van der Waals surface area contributed by atoms with Gasteiger partial charge in [0, 0.05) is 17.5 Å². The first-order chi connectivity index (χ1) is 11.8. The summed E-state index contributed by atoms with van der Waals surface area (Å²) in [5.41, 5.74) is 1.50. The standard InChI is InChI=1S/C20H28N2O2/c1-2-3-4-5-6-7-8-9-10-11-19-21-20(24-22-19)18-14-12-17(16-23)13-15-18/h12-16H,2-11H2,1H3. The van der Waals surface area contributed by atoms with E-state index in [2.05, 4.69) is 17.1 Å². The van der Waals surface area contributed by atoms with Crippen molar-refractivity contribution in [2.45, 2.75) is 71.1 Å². The number of benzene rings is 1. The molecule has 1 heterocycles. The number of rotatable bonds is 12. The van der Waals surface area contributed by atoms with Crippen LogP contribution in [-0.2, 0) is 6.42 Å². The number of aldehydes is 1. The van der Waals surface area contributed by atoms with Crippen LogP contribution in [0.15, 0.2) is 28.8 Å². The van der Waals surface area contributed by atoms with Gasteiger partial charge in [-0.3, -0.25) is 4.79 Å². The van der Waals surface area contributed by atoms with Crippen molar-refractivity contribution in [1.29, 1.82) is 0 Å². The second-order valence-electron chi connectivity index (χ2n) is 6.33. The normalized spacial score (nSPS) is 10.9. The number of unbranched alkanes of at least 4 members (excludes halogenated alkanes) is 8. The fourth-order valence-electron chi connectivity index (χ4n) is 2.77. The van der Waals surface area contributed by atoms with Crippen molar-refractivity contribution < 1.29 is 9.32 Å². The molecule has 0 bridgehead atoms. The highest BCUT2D eigenvalue weighted by molar-refractivity contribution is 5.75. The molecule has 2 aromatic rings. The predicted octanol–water partition coefficient (Wildman–Crippen LogP) is 5.62.